The molecule has 1 saturated carbocycles. The first-order valence-corrected chi connectivity index (χ1v) is 9.14. The molecular formula is C17H34IN5O3. The van der Waals surface area contributed by atoms with Crippen LogP contribution < -0.4 is 10.6 Å². The Morgan fingerprint density at radius 2 is 2.04 bits per heavy atom. The number of methoxy groups -OCH3 is 1. The molecule has 26 heavy (non-hydrogen) atoms. The van der Waals surface area contributed by atoms with E-state index in [1.54, 1.807) is 26.1 Å². The first-order valence-electron chi connectivity index (χ1n) is 9.14. The van der Waals surface area contributed by atoms with Crippen LogP contribution in [0.15, 0.2) is 4.99 Å². The Balaban J connectivity index is 0.00000338. The van der Waals surface area contributed by atoms with Crippen LogP contribution in [-0.2, 0) is 14.3 Å². The molecule has 1 heterocycles. The smallest absolute Gasteiger partial charge is 0.243 e. The molecule has 2 N–H and O–H groups in total. The zero-order chi connectivity index (χ0) is 18.1. The van der Waals surface area contributed by atoms with Crippen LogP contribution in [0.3, 0.4) is 0 Å². The highest BCUT2D eigenvalue weighted by atomic mass is 127. The average Bonchev–Trinajstić information content (AvgIpc) is 3.44. The highest BCUT2D eigenvalue weighted by molar-refractivity contribution is 14.0. The van der Waals surface area contributed by atoms with Gasteiger partial charge in [-0.1, -0.05) is 0 Å². The van der Waals surface area contributed by atoms with Crippen LogP contribution in [0, 0.1) is 5.92 Å². The summed E-state index contributed by atoms with van der Waals surface area (Å²) in [4.78, 5) is 20.2. The second-order valence-electron chi connectivity index (χ2n) is 6.88. The van der Waals surface area contributed by atoms with Gasteiger partial charge in [0.05, 0.1) is 25.9 Å². The van der Waals surface area contributed by atoms with E-state index >= 15 is 0 Å². The third-order valence-electron chi connectivity index (χ3n) is 4.55. The van der Waals surface area contributed by atoms with Crippen molar-refractivity contribution in [3.63, 3.8) is 0 Å². The maximum absolute atomic E-state index is 11.8. The van der Waals surface area contributed by atoms with Gasteiger partial charge in [0.15, 0.2) is 5.96 Å². The lowest BCUT2D eigenvalue weighted by atomic mass is 10.2. The minimum atomic E-state index is -0.0102. The van der Waals surface area contributed by atoms with Gasteiger partial charge in [-0.05, 0) is 18.8 Å². The predicted octanol–water partition coefficient (Wildman–Crippen LogP) is -0.0150. The van der Waals surface area contributed by atoms with E-state index in [9.17, 15) is 4.79 Å². The van der Waals surface area contributed by atoms with E-state index < -0.39 is 0 Å². The molecule has 0 radical (unpaired) electrons. The molecule has 0 bridgehead atoms. The second-order valence-corrected chi connectivity index (χ2v) is 6.88. The van der Waals surface area contributed by atoms with Crippen LogP contribution in [0.4, 0.5) is 0 Å². The SMILES string of the molecule is COCC(NC(=NCC(=O)N(C)C)NCCN1CCOCC1)C1CC1.I. The quantitative estimate of drug-likeness (QED) is 0.273. The molecule has 9 heteroatoms. The number of aliphatic imine (C=N–C) groups is 1. The van der Waals surface area contributed by atoms with Gasteiger partial charge < -0.3 is 25.0 Å². The van der Waals surface area contributed by atoms with Gasteiger partial charge in [-0.15, -0.1) is 24.0 Å². The van der Waals surface area contributed by atoms with Crippen LogP contribution in [0.2, 0.25) is 0 Å². The second kappa shape index (κ2) is 12.7. The molecule has 1 saturated heterocycles. The molecule has 2 aliphatic rings. The molecule has 1 atom stereocenters. The fraction of sp³-hybridized carbons (Fsp3) is 0.882. The lowest BCUT2D eigenvalue weighted by Crippen LogP contribution is -2.49. The fourth-order valence-electron chi connectivity index (χ4n) is 2.75. The van der Waals surface area contributed by atoms with Crippen molar-refractivity contribution in [2.45, 2.75) is 18.9 Å². The van der Waals surface area contributed by atoms with Crippen molar-refractivity contribution < 1.29 is 14.3 Å². The number of likely N-dealkylation sites (N-methyl/N-ethyl adjacent to an activating group) is 1. The molecule has 1 aliphatic heterocycles. The molecule has 2 rings (SSSR count). The van der Waals surface area contributed by atoms with Crippen molar-refractivity contribution in [2.75, 3.05) is 73.7 Å². The Morgan fingerprint density at radius 1 is 1.35 bits per heavy atom. The van der Waals surface area contributed by atoms with Crippen molar-refractivity contribution in [3.05, 3.63) is 0 Å². The number of amides is 1. The molecule has 1 amide bonds. The Bertz CT molecular complexity index is 440. The standard InChI is InChI=1S/C17H33N5O3.HI/c1-21(2)16(23)12-19-17(20-15(13-24-3)14-4-5-14)18-6-7-22-8-10-25-11-9-22;/h14-15H,4-13H2,1-3H3,(H2,18,19,20);1H. The van der Waals surface area contributed by atoms with Crippen molar-refractivity contribution >= 4 is 35.8 Å². The van der Waals surface area contributed by atoms with Crippen LogP contribution in [0.1, 0.15) is 12.8 Å². The van der Waals surface area contributed by atoms with E-state index in [0.29, 0.717) is 18.5 Å². The molecule has 152 valence electrons. The van der Waals surface area contributed by atoms with Crippen molar-refractivity contribution in [1.82, 2.24) is 20.4 Å². The van der Waals surface area contributed by atoms with Gasteiger partial charge in [0, 0.05) is 47.4 Å². The van der Waals surface area contributed by atoms with Crippen molar-refractivity contribution in [2.24, 2.45) is 10.9 Å². The van der Waals surface area contributed by atoms with E-state index in [2.05, 4.69) is 20.5 Å². The highest BCUT2D eigenvalue weighted by Gasteiger charge is 2.31. The number of ether oxygens (including phenoxy) is 2. The zero-order valence-electron chi connectivity index (χ0n) is 16.2. The Morgan fingerprint density at radius 3 is 2.62 bits per heavy atom. The van der Waals surface area contributed by atoms with Gasteiger partial charge in [-0.25, -0.2) is 4.99 Å². The summed E-state index contributed by atoms with van der Waals surface area (Å²) >= 11 is 0. The minimum Gasteiger partial charge on any atom is -0.383 e. The molecule has 8 nitrogen and oxygen atoms in total. The summed E-state index contributed by atoms with van der Waals surface area (Å²) in [6.45, 7) is 6.05. The van der Waals surface area contributed by atoms with E-state index in [4.69, 9.17) is 9.47 Å². The monoisotopic (exact) mass is 483 g/mol. The summed E-state index contributed by atoms with van der Waals surface area (Å²) in [6, 6.07) is 0.245. The van der Waals surface area contributed by atoms with Gasteiger partial charge in [0.1, 0.15) is 6.54 Å². The van der Waals surface area contributed by atoms with Crippen LogP contribution in [0.5, 0.6) is 0 Å². The number of halogens is 1. The summed E-state index contributed by atoms with van der Waals surface area (Å²) in [5.74, 6) is 1.32. The first-order chi connectivity index (χ1) is 12.1. The maximum Gasteiger partial charge on any atom is 0.243 e. The third-order valence-corrected chi connectivity index (χ3v) is 4.55. The fourth-order valence-corrected chi connectivity index (χ4v) is 2.75. The van der Waals surface area contributed by atoms with Crippen molar-refractivity contribution in [1.29, 1.82) is 0 Å². The molecule has 0 aromatic rings. The maximum atomic E-state index is 11.8. The molecule has 0 aromatic carbocycles. The molecule has 1 unspecified atom stereocenters. The molecule has 0 spiro atoms. The zero-order valence-corrected chi connectivity index (χ0v) is 18.5. The number of hydrogen-bond acceptors (Lipinski definition) is 5. The lowest BCUT2D eigenvalue weighted by molar-refractivity contribution is -0.127. The number of hydrogen-bond donors (Lipinski definition) is 2. The van der Waals surface area contributed by atoms with E-state index in [-0.39, 0.29) is 42.5 Å². The van der Waals surface area contributed by atoms with Gasteiger partial charge >= 0.3 is 0 Å². The highest BCUT2D eigenvalue weighted by Crippen LogP contribution is 2.32. The summed E-state index contributed by atoms with van der Waals surface area (Å²) in [6.07, 6.45) is 2.44. The Kier molecular flexibility index (Phi) is 11.4. The Hall–Kier alpha value is -0.650. The molecule has 0 aromatic heterocycles. The molecule has 1 aliphatic carbocycles. The minimum absolute atomic E-state index is 0. The van der Waals surface area contributed by atoms with Crippen LogP contribution in [-0.4, -0.2) is 101 Å². The number of carbonyl (C=O) groups is 1. The van der Waals surface area contributed by atoms with Gasteiger partial charge in [-0.3, -0.25) is 9.69 Å². The summed E-state index contributed by atoms with van der Waals surface area (Å²) in [7, 11) is 5.21. The topological polar surface area (TPSA) is 78.4 Å². The Labute approximate surface area is 174 Å². The summed E-state index contributed by atoms with van der Waals surface area (Å²) < 4.78 is 10.7. The van der Waals surface area contributed by atoms with E-state index in [1.165, 1.54) is 12.8 Å². The number of carbonyl (C=O) groups excluding carboxylic acids is 1. The average molecular weight is 483 g/mol. The normalized spacial score (nSPS) is 19.4. The van der Waals surface area contributed by atoms with Gasteiger partial charge in [0.25, 0.3) is 0 Å². The molecular weight excluding hydrogens is 449 g/mol. The van der Waals surface area contributed by atoms with E-state index in [1.807, 2.05) is 0 Å². The van der Waals surface area contributed by atoms with E-state index in [0.717, 1.165) is 39.4 Å². The van der Waals surface area contributed by atoms with Gasteiger partial charge in [0.2, 0.25) is 5.91 Å². The summed E-state index contributed by atoms with van der Waals surface area (Å²) in [5, 5.41) is 6.81. The first kappa shape index (κ1) is 23.4. The number of nitrogens with one attached hydrogen (secondary N) is 2. The van der Waals surface area contributed by atoms with Gasteiger partial charge in [-0.2, -0.15) is 0 Å². The van der Waals surface area contributed by atoms with Crippen LogP contribution in [0.25, 0.3) is 0 Å². The summed E-state index contributed by atoms with van der Waals surface area (Å²) in [5.41, 5.74) is 0. The lowest BCUT2D eigenvalue weighted by Gasteiger charge is -2.27. The largest absolute Gasteiger partial charge is 0.383 e. The molecule has 2 fully saturated rings. The predicted molar refractivity (Wildman–Crippen MR) is 113 cm³/mol. The number of rotatable bonds is 9. The third kappa shape index (κ3) is 8.83. The van der Waals surface area contributed by atoms with Crippen LogP contribution >= 0.6 is 24.0 Å². The number of nitrogens with zero attached hydrogens (tertiary/aromatic N) is 3. The number of guanidine groups is 1. The number of morpholine rings is 1. The van der Waals surface area contributed by atoms with Crippen molar-refractivity contribution in [3.8, 4) is 0 Å².